The second-order valence-electron chi connectivity index (χ2n) is 24.7. The minimum absolute atomic E-state index is 0.0417. The summed E-state index contributed by atoms with van der Waals surface area (Å²) in [6.45, 7) is 35.5. The van der Waals surface area contributed by atoms with Crippen molar-refractivity contribution in [2.75, 3.05) is 35.2 Å². The van der Waals surface area contributed by atoms with E-state index in [4.69, 9.17) is 36.8 Å². The van der Waals surface area contributed by atoms with E-state index in [1.165, 1.54) is 22.7 Å². The monoisotopic (exact) mass is 1240 g/mol. The first-order valence-corrected chi connectivity index (χ1v) is 32.0. The van der Waals surface area contributed by atoms with Crippen molar-refractivity contribution >= 4 is 107 Å². The number of halogens is 1. The number of fused-ring (bicyclic) bond motifs is 2. The molecule has 3 saturated heterocycles. The molecule has 26 heteroatoms. The molecule has 9 rings (SSSR count). The molecule has 0 atom stereocenters. The van der Waals surface area contributed by atoms with Crippen LogP contribution in [0.2, 0.25) is 0 Å². The van der Waals surface area contributed by atoms with Gasteiger partial charge in [-0.15, -0.1) is 0 Å². The summed E-state index contributed by atoms with van der Waals surface area (Å²) in [5, 5.41) is 9.94. The Morgan fingerprint density at radius 3 is 1.23 bits per heavy atom. The number of hydrogen-bond donors (Lipinski definition) is 0. The maximum absolute atomic E-state index is 13.2. The lowest BCUT2D eigenvalue weighted by atomic mass is 9.49. The van der Waals surface area contributed by atoms with Gasteiger partial charge in [-0.3, -0.25) is 27.6 Å². The van der Waals surface area contributed by atoms with Gasteiger partial charge in [-0.1, -0.05) is 13.8 Å². The molecule has 7 heterocycles. The van der Waals surface area contributed by atoms with Gasteiger partial charge in [0.15, 0.2) is 23.1 Å². The second-order valence-corrected chi connectivity index (χ2v) is 29.6. The predicted octanol–water partition coefficient (Wildman–Crippen LogP) is 11.0. The van der Waals surface area contributed by atoms with Crippen LogP contribution >= 0.6 is 15.9 Å². The molecule has 0 bridgehead atoms. The van der Waals surface area contributed by atoms with E-state index in [1.54, 1.807) is 59.9 Å². The van der Waals surface area contributed by atoms with Gasteiger partial charge in [-0.2, -0.15) is 10.2 Å². The summed E-state index contributed by atoms with van der Waals surface area (Å²) in [6.07, 6.45) is 6.19. The van der Waals surface area contributed by atoms with E-state index in [2.05, 4.69) is 26.1 Å². The molecule has 3 aliphatic rings. The first-order valence-electron chi connectivity index (χ1n) is 27.5. The average Bonchev–Trinajstić information content (AvgIpc) is 3.94. The highest BCUT2D eigenvalue weighted by Crippen LogP contribution is 2.45. The third kappa shape index (κ3) is 12.2. The Labute approximate surface area is 493 Å². The van der Waals surface area contributed by atoms with E-state index in [0.717, 1.165) is 12.5 Å². The van der Waals surface area contributed by atoms with Gasteiger partial charge in [0.05, 0.1) is 68.6 Å². The average molecular weight is 1240 g/mol. The maximum atomic E-state index is 13.2. The van der Waals surface area contributed by atoms with Crippen molar-refractivity contribution < 1.29 is 63.2 Å². The molecule has 6 aromatic rings. The summed E-state index contributed by atoms with van der Waals surface area (Å²) in [4.78, 5) is 26.0. The fourth-order valence-electron chi connectivity index (χ4n) is 9.36. The number of ketones is 2. The Morgan fingerprint density at radius 1 is 0.561 bits per heavy atom. The number of benzene rings is 2. The first kappa shape index (κ1) is 64.8. The van der Waals surface area contributed by atoms with E-state index in [-0.39, 0.29) is 52.5 Å². The Hall–Kier alpha value is -4.79. The highest BCUT2D eigenvalue weighted by Gasteiger charge is 2.64. The number of rotatable bonds is 14. The zero-order valence-corrected chi connectivity index (χ0v) is 54.7. The van der Waals surface area contributed by atoms with Gasteiger partial charge < -0.3 is 36.8 Å². The van der Waals surface area contributed by atoms with Crippen LogP contribution in [-0.2, 0) is 48.0 Å². The van der Waals surface area contributed by atoms with Crippen molar-refractivity contribution in [1.29, 1.82) is 0 Å². The third-order valence-corrected chi connectivity index (χ3v) is 19.5. The summed E-state index contributed by atoms with van der Waals surface area (Å²) in [5.74, 6) is 0.701. The number of aromatic nitrogens is 4. The van der Waals surface area contributed by atoms with Gasteiger partial charge in [-0.25, -0.2) is 16.8 Å². The molecule has 82 heavy (non-hydrogen) atoms. The molecular weight excluding hydrogens is 1160 g/mol. The SMILES string of the molecule is CC1(C)OB(B2OC(C)(C)C(C)(C)O2)OC1(C)C.CCC(=O)c1c(-c2ccnn2C(C)C)oc2cc(N(C)S(C)(=O)=O)c(B3OC(C)(C)C(C)(C)O3)cc12.CCC(=O)c1c(-c2ccnn2C(C)C)oc2cc(N(C)S(C)(=O)=O)c(Br)cc12. The third-order valence-electron chi connectivity index (χ3n) is 16.5. The molecule has 446 valence electrons. The predicted molar refractivity (Wildman–Crippen MR) is 327 cm³/mol. The van der Waals surface area contributed by atoms with E-state index in [9.17, 15) is 26.4 Å². The molecule has 3 fully saturated rings. The van der Waals surface area contributed by atoms with E-state index in [0.29, 0.717) is 83.7 Å². The number of anilines is 2. The molecule has 0 spiro atoms. The first-order chi connectivity index (χ1) is 37.5. The van der Waals surface area contributed by atoms with Crippen LogP contribution in [0.3, 0.4) is 0 Å². The van der Waals surface area contributed by atoms with Crippen molar-refractivity contribution in [3.63, 3.8) is 0 Å². The zero-order chi connectivity index (χ0) is 61.6. The Kier molecular flexibility index (Phi) is 17.8. The lowest BCUT2D eigenvalue weighted by molar-refractivity contribution is 0.00578. The van der Waals surface area contributed by atoms with Crippen molar-refractivity contribution in [1.82, 2.24) is 19.6 Å². The van der Waals surface area contributed by atoms with Crippen LogP contribution in [-0.4, -0.2) is 129 Å². The van der Waals surface area contributed by atoms with E-state index < -0.39 is 52.4 Å². The largest absolute Gasteiger partial charge is 0.497 e. The van der Waals surface area contributed by atoms with Crippen molar-refractivity contribution in [3.05, 3.63) is 64.4 Å². The zero-order valence-electron chi connectivity index (χ0n) is 51.5. The number of Topliss-reactive ketones (excluding diaryl/α,β-unsaturated/α-hetero) is 2. The van der Waals surface area contributed by atoms with Crippen molar-refractivity contribution in [2.24, 2.45) is 0 Å². The summed E-state index contributed by atoms with van der Waals surface area (Å²) in [7, 11) is -5.93. The van der Waals surface area contributed by atoms with Crippen molar-refractivity contribution in [2.45, 2.75) is 183 Å². The maximum Gasteiger partial charge on any atom is 0.497 e. The van der Waals surface area contributed by atoms with Gasteiger partial charge in [-0.05, 0) is 151 Å². The van der Waals surface area contributed by atoms with Crippen LogP contribution in [0.5, 0.6) is 0 Å². The lowest BCUT2D eigenvalue weighted by Crippen LogP contribution is -2.41. The van der Waals surface area contributed by atoms with Crippen LogP contribution in [0.25, 0.3) is 44.8 Å². The molecular formula is C56H80B3BrN6O14S2. The quantitative estimate of drug-likeness (QED) is 0.0730. The van der Waals surface area contributed by atoms with Gasteiger partial charge in [0.2, 0.25) is 20.0 Å². The fraction of sp³-hybridized carbons (Fsp3) is 0.571. The van der Waals surface area contributed by atoms with Gasteiger partial charge in [0, 0.05) is 84.3 Å². The number of sulfonamides is 2. The van der Waals surface area contributed by atoms with Gasteiger partial charge in [0.1, 0.15) is 22.6 Å². The Bertz CT molecular complexity index is 3560. The van der Waals surface area contributed by atoms with Gasteiger partial charge >= 0.3 is 21.1 Å². The van der Waals surface area contributed by atoms with E-state index >= 15 is 0 Å². The molecule has 0 amide bonds. The molecule has 2 aromatic carbocycles. The normalized spacial score (nSPS) is 18.8. The number of furan rings is 2. The number of hydrogen-bond acceptors (Lipinski definition) is 16. The number of carbonyl (C=O) groups excluding carboxylic acids is 2. The topological polar surface area (TPSA) is 226 Å². The van der Waals surface area contributed by atoms with E-state index in [1.807, 2.05) is 123 Å². The standard InChI is InChI=1S/C25H34BN3O6S.C19H22BrN3O4S.C12H24B2O4/c1-10-20(30)22-16-13-17(26-34-24(4,5)25(6,7)35-26)19(28(8)36(9,31)32)14-21(16)33-23(22)18-11-12-27-29(18)15(2)3;1-6-16(24)18-12-9-13(20)15(22(4)28(5,25)26)10-17(12)27-19(18)14-7-8-21-23(14)11(2)3;1-9(2)10(3,4)16-13(15-9)14-17-11(5,6)12(7,8)18-14/h11-15H,10H2,1-9H3;7-11H,6H2,1-5H3;1-8H3. The second kappa shape index (κ2) is 22.6. The molecule has 0 N–H and O–H groups in total. The smallest absolute Gasteiger partial charge is 0.454 e. The summed E-state index contributed by atoms with van der Waals surface area (Å²) < 4.78 is 104. The fourth-order valence-corrected chi connectivity index (χ4v) is 11.1. The molecule has 20 nitrogen and oxygen atoms in total. The Morgan fingerprint density at radius 2 is 0.890 bits per heavy atom. The van der Waals surface area contributed by atoms with Crippen molar-refractivity contribution in [3.8, 4) is 22.9 Å². The molecule has 0 aliphatic carbocycles. The Balaban J connectivity index is 0.000000187. The molecule has 0 saturated carbocycles. The highest BCUT2D eigenvalue weighted by atomic mass is 79.9. The molecule has 0 unspecified atom stereocenters. The highest BCUT2D eigenvalue weighted by molar-refractivity contribution is 9.10. The van der Waals surface area contributed by atoms with Crippen LogP contribution in [0.1, 0.15) is 170 Å². The van der Waals surface area contributed by atoms with Crippen LogP contribution in [0, 0.1) is 0 Å². The summed E-state index contributed by atoms with van der Waals surface area (Å²) >= 11 is 3.43. The minimum atomic E-state index is -3.62. The van der Waals surface area contributed by atoms with Gasteiger partial charge in [0.25, 0.3) is 0 Å². The molecule has 4 aromatic heterocycles. The minimum Gasteiger partial charge on any atom is -0.454 e. The molecule has 0 radical (unpaired) electrons. The van der Waals surface area contributed by atoms with Crippen LogP contribution in [0.15, 0.2) is 62.1 Å². The summed E-state index contributed by atoms with van der Waals surface area (Å²) in [5.41, 5.74) is 1.71. The summed E-state index contributed by atoms with van der Waals surface area (Å²) in [6, 6.07) is 10.5. The number of carbonyl (C=O) groups is 2. The lowest BCUT2D eigenvalue weighted by Gasteiger charge is -2.32. The van der Waals surface area contributed by atoms with Crippen LogP contribution in [0.4, 0.5) is 11.4 Å². The number of nitrogens with zero attached hydrogens (tertiary/aromatic N) is 6. The molecule has 3 aliphatic heterocycles. The van der Waals surface area contributed by atoms with Crippen LogP contribution < -0.4 is 14.1 Å².